The third kappa shape index (κ3) is 4.28. The summed E-state index contributed by atoms with van der Waals surface area (Å²) in [4.78, 5) is 39.2. The van der Waals surface area contributed by atoms with E-state index in [1.54, 1.807) is 11.8 Å². The molecular weight excluding hydrogens is 444 g/mol. The minimum absolute atomic E-state index is 0.0168. The molecule has 2 fully saturated rings. The van der Waals surface area contributed by atoms with Gasteiger partial charge in [0.1, 0.15) is 6.61 Å². The Morgan fingerprint density at radius 2 is 1.74 bits per heavy atom. The van der Waals surface area contributed by atoms with E-state index in [4.69, 9.17) is 4.74 Å². The second kappa shape index (κ2) is 9.36. The lowest BCUT2D eigenvalue weighted by atomic mass is 9.68. The molecule has 1 saturated carbocycles. The Balaban J connectivity index is 1.15. The molecule has 0 aromatic heterocycles. The number of carboxylic acid groups (broad SMARTS) is 1. The number of amides is 2. The molecule has 0 radical (unpaired) electrons. The summed E-state index contributed by atoms with van der Waals surface area (Å²) in [6, 6.07) is 15.9. The minimum atomic E-state index is -0.808. The smallest absolute Gasteiger partial charge is 0.407 e. The van der Waals surface area contributed by atoms with Gasteiger partial charge in [0.25, 0.3) is 0 Å². The molecule has 7 heteroatoms. The summed E-state index contributed by atoms with van der Waals surface area (Å²) in [7, 11) is 0. The van der Waals surface area contributed by atoms with Crippen molar-refractivity contribution in [1.82, 2.24) is 10.2 Å². The van der Waals surface area contributed by atoms with Crippen molar-refractivity contribution in [1.29, 1.82) is 0 Å². The quantitative estimate of drug-likeness (QED) is 0.644. The average Bonchev–Trinajstić information content (AvgIpc) is 3.40. The van der Waals surface area contributed by atoms with Crippen LogP contribution in [0.15, 0.2) is 48.5 Å². The first-order valence-corrected chi connectivity index (χ1v) is 12.5. The second-order valence-corrected chi connectivity index (χ2v) is 10.3. The molecule has 1 heterocycles. The van der Waals surface area contributed by atoms with Gasteiger partial charge in [-0.1, -0.05) is 61.4 Å². The minimum Gasteiger partial charge on any atom is -0.481 e. The van der Waals surface area contributed by atoms with Gasteiger partial charge in [0.05, 0.1) is 5.41 Å². The van der Waals surface area contributed by atoms with Crippen molar-refractivity contribution >= 4 is 18.0 Å². The molecule has 0 spiro atoms. The predicted molar refractivity (Wildman–Crippen MR) is 131 cm³/mol. The van der Waals surface area contributed by atoms with Gasteiger partial charge in [-0.25, -0.2) is 4.79 Å². The van der Waals surface area contributed by atoms with E-state index in [-0.39, 0.29) is 37.3 Å². The van der Waals surface area contributed by atoms with Crippen molar-refractivity contribution in [2.75, 3.05) is 19.7 Å². The van der Waals surface area contributed by atoms with E-state index in [0.29, 0.717) is 13.0 Å². The van der Waals surface area contributed by atoms with Gasteiger partial charge >= 0.3 is 12.1 Å². The molecule has 3 aliphatic rings. The number of aliphatic carboxylic acids is 1. The van der Waals surface area contributed by atoms with E-state index in [1.165, 1.54) is 11.1 Å². The summed E-state index contributed by atoms with van der Waals surface area (Å²) in [5, 5.41) is 12.6. The molecule has 1 aliphatic heterocycles. The zero-order chi connectivity index (χ0) is 24.6. The first-order valence-electron chi connectivity index (χ1n) is 12.5. The molecular formula is C28H32N2O5. The van der Waals surface area contributed by atoms with Gasteiger partial charge in [-0.3, -0.25) is 9.59 Å². The van der Waals surface area contributed by atoms with E-state index >= 15 is 0 Å². The first kappa shape index (κ1) is 23.4. The molecule has 7 nitrogen and oxygen atoms in total. The fourth-order valence-electron chi connectivity index (χ4n) is 6.28. The number of nitrogens with zero attached hydrogens (tertiary/aromatic N) is 1. The molecule has 3 unspecified atom stereocenters. The van der Waals surface area contributed by atoms with Gasteiger partial charge in [-0.2, -0.15) is 0 Å². The van der Waals surface area contributed by atoms with E-state index in [9.17, 15) is 19.5 Å². The van der Waals surface area contributed by atoms with Gasteiger partial charge in [0.15, 0.2) is 0 Å². The number of carbonyl (C=O) groups excluding carboxylic acids is 2. The Bertz CT molecular complexity index is 1100. The maximum atomic E-state index is 12.9. The van der Waals surface area contributed by atoms with Crippen LogP contribution in [0.2, 0.25) is 0 Å². The number of nitrogens with one attached hydrogen (secondary N) is 1. The van der Waals surface area contributed by atoms with Crippen molar-refractivity contribution in [2.45, 2.75) is 51.0 Å². The lowest BCUT2D eigenvalue weighted by Crippen LogP contribution is -2.42. The number of fused-ring (bicyclic) bond motifs is 4. The van der Waals surface area contributed by atoms with Crippen LogP contribution in [0.3, 0.4) is 0 Å². The van der Waals surface area contributed by atoms with Gasteiger partial charge < -0.3 is 20.1 Å². The van der Waals surface area contributed by atoms with Gasteiger partial charge in [0.2, 0.25) is 5.91 Å². The van der Waals surface area contributed by atoms with Crippen molar-refractivity contribution in [3.63, 3.8) is 0 Å². The fourth-order valence-corrected chi connectivity index (χ4v) is 6.28. The molecule has 2 N–H and O–H groups in total. The highest BCUT2D eigenvalue weighted by Gasteiger charge is 2.54. The number of hydrogen-bond acceptors (Lipinski definition) is 4. The Morgan fingerprint density at radius 3 is 2.37 bits per heavy atom. The molecule has 35 heavy (non-hydrogen) atoms. The number of carbonyl (C=O) groups is 3. The summed E-state index contributed by atoms with van der Waals surface area (Å²) in [5.74, 6) is -0.915. The SMILES string of the molecule is CC(CC(=O)N1CC2CCCCC2(C(=O)O)C1)NC(=O)OCC1c2ccccc2-c2ccccc21. The zero-order valence-corrected chi connectivity index (χ0v) is 20.0. The maximum absolute atomic E-state index is 12.9. The summed E-state index contributed by atoms with van der Waals surface area (Å²) < 4.78 is 5.59. The molecule has 2 aromatic rings. The summed E-state index contributed by atoms with van der Waals surface area (Å²) in [5.41, 5.74) is 3.82. The predicted octanol–water partition coefficient (Wildman–Crippen LogP) is 4.41. The average molecular weight is 477 g/mol. The number of alkyl carbamates (subject to hydrolysis) is 1. The number of carboxylic acids is 1. The van der Waals surface area contributed by atoms with Crippen LogP contribution < -0.4 is 5.32 Å². The molecule has 2 amide bonds. The topological polar surface area (TPSA) is 95.9 Å². The van der Waals surface area contributed by atoms with Gasteiger partial charge in [0, 0.05) is 31.5 Å². The summed E-state index contributed by atoms with van der Waals surface area (Å²) in [6.07, 6.45) is 2.95. The largest absolute Gasteiger partial charge is 0.481 e. The molecule has 184 valence electrons. The van der Waals surface area contributed by atoms with E-state index < -0.39 is 23.5 Å². The number of hydrogen-bond donors (Lipinski definition) is 2. The number of ether oxygens (including phenoxy) is 1. The molecule has 5 rings (SSSR count). The molecule has 2 aromatic carbocycles. The van der Waals surface area contributed by atoms with Crippen LogP contribution in [0.5, 0.6) is 0 Å². The highest BCUT2D eigenvalue weighted by atomic mass is 16.5. The van der Waals surface area contributed by atoms with Crippen LogP contribution in [-0.2, 0) is 14.3 Å². The van der Waals surface area contributed by atoms with Gasteiger partial charge in [-0.05, 0) is 47.9 Å². The van der Waals surface area contributed by atoms with Crippen LogP contribution in [0.25, 0.3) is 11.1 Å². The van der Waals surface area contributed by atoms with Crippen molar-refractivity contribution in [3.05, 3.63) is 59.7 Å². The Labute approximate surface area is 205 Å². The van der Waals surface area contributed by atoms with Crippen LogP contribution in [0.1, 0.15) is 56.1 Å². The van der Waals surface area contributed by atoms with E-state index in [0.717, 1.165) is 30.4 Å². The second-order valence-electron chi connectivity index (χ2n) is 10.3. The lowest BCUT2D eigenvalue weighted by Gasteiger charge is -2.34. The number of rotatable bonds is 6. The van der Waals surface area contributed by atoms with Crippen LogP contribution in [0.4, 0.5) is 4.79 Å². The van der Waals surface area contributed by atoms with E-state index in [2.05, 4.69) is 29.6 Å². The van der Waals surface area contributed by atoms with Crippen molar-refractivity contribution in [3.8, 4) is 11.1 Å². The Kier molecular flexibility index (Phi) is 6.26. The molecule has 1 saturated heterocycles. The fraction of sp³-hybridized carbons (Fsp3) is 0.464. The highest BCUT2D eigenvalue weighted by Crippen LogP contribution is 2.47. The first-order chi connectivity index (χ1) is 16.9. The molecule has 3 atom stereocenters. The number of benzene rings is 2. The maximum Gasteiger partial charge on any atom is 0.407 e. The van der Waals surface area contributed by atoms with Crippen LogP contribution >= 0.6 is 0 Å². The lowest BCUT2D eigenvalue weighted by molar-refractivity contribution is -0.152. The Morgan fingerprint density at radius 1 is 1.09 bits per heavy atom. The summed E-state index contributed by atoms with van der Waals surface area (Å²) >= 11 is 0. The normalized spacial score (nSPS) is 23.7. The molecule has 2 aliphatic carbocycles. The van der Waals surface area contributed by atoms with Crippen molar-refractivity contribution < 1.29 is 24.2 Å². The zero-order valence-electron chi connectivity index (χ0n) is 20.0. The molecule has 0 bridgehead atoms. The third-order valence-electron chi connectivity index (χ3n) is 8.09. The van der Waals surface area contributed by atoms with Crippen molar-refractivity contribution in [2.24, 2.45) is 11.3 Å². The van der Waals surface area contributed by atoms with Crippen LogP contribution in [0, 0.1) is 11.3 Å². The van der Waals surface area contributed by atoms with Crippen LogP contribution in [-0.4, -0.2) is 53.7 Å². The standard InChI is InChI=1S/C28H32N2O5/c1-18(14-25(31)30-15-19-8-6-7-13-28(19,17-30)26(32)33)29-27(34)35-16-24-22-11-4-2-9-20(22)21-10-3-5-12-23(21)24/h2-5,9-12,18-19,24H,6-8,13-17H2,1H3,(H,29,34)(H,32,33). The summed E-state index contributed by atoms with van der Waals surface area (Å²) in [6.45, 7) is 2.75. The highest BCUT2D eigenvalue weighted by molar-refractivity contribution is 5.82. The van der Waals surface area contributed by atoms with E-state index in [1.807, 2.05) is 24.3 Å². The monoisotopic (exact) mass is 476 g/mol. The Hall–Kier alpha value is -3.35. The van der Waals surface area contributed by atoms with Gasteiger partial charge in [-0.15, -0.1) is 0 Å². The number of likely N-dealkylation sites (tertiary alicyclic amines) is 1. The third-order valence-corrected chi connectivity index (χ3v) is 8.09.